The third-order valence-corrected chi connectivity index (χ3v) is 9.62. The van der Waals surface area contributed by atoms with Gasteiger partial charge in [0.1, 0.15) is 16.8 Å². The Hall–Kier alpha value is -3.44. The number of piperidine rings is 1. The second-order valence-electron chi connectivity index (χ2n) is 9.54. The summed E-state index contributed by atoms with van der Waals surface area (Å²) in [5.74, 6) is -2.02. The number of nitrogens with one attached hydrogen (secondary N) is 1. The summed E-state index contributed by atoms with van der Waals surface area (Å²) in [6.45, 7) is 1.47. The van der Waals surface area contributed by atoms with E-state index in [0.717, 1.165) is 54.2 Å². The molecule has 0 aliphatic carbocycles. The molecule has 8 nitrogen and oxygen atoms in total. The van der Waals surface area contributed by atoms with Crippen molar-refractivity contribution in [3.63, 3.8) is 0 Å². The van der Waals surface area contributed by atoms with Crippen molar-refractivity contribution in [2.24, 2.45) is 5.92 Å². The fourth-order valence-corrected chi connectivity index (χ4v) is 7.89. The first-order chi connectivity index (χ1) is 18.4. The van der Waals surface area contributed by atoms with Crippen LogP contribution >= 0.6 is 23.1 Å². The van der Waals surface area contributed by atoms with Gasteiger partial charge in [0.25, 0.3) is 5.91 Å². The Balaban J connectivity index is 1.27. The average molecular weight is 554 g/mol. The molecule has 1 N–H and O–H groups in total. The number of benzene rings is 2. The molecule has 11 heteroatoms. The highest BCUT2D eigenvalue weighted by Crippen LogP contribution is 2.53. The number of hydrogen-bond donors (Lipinski definition) is 1. The second-order valence-corrected chi connectivity index (χ2v) is 11.7. The number of aromatic amines is 1. The molecule has 2 aromatic carbocycles. The quantitative estimate of drug-likeness (QED) is 0.483. The second kappa shape index (κ2) is 10.0. The molecule has 0 saturated carbocycles. The van der Waals surface area contributed by atoms with Gasteiger partial charge < -0.3 is 14.6 Å². The molecule has 0 bridgehead atoms. The predicted octanol–water partition coefficient (Wildman–Crippen LogP) is 3.76. The first-order valence-electron chi connectivity index (χ1n) is 12.4. The molecule has 38 heavy (non-hydrogen) atoms. The minimum absolute atomic E-state index is 0.0430. The number of ether oxygens (including phenoxy) is 1. The fraction of sp³-hybridized carbons (Fsp3) is 0.333. The van der Waals surface area contributed by atoms with Crippen molar-refractivity contribution in [1.82, 2.24) is 9.88 Å². The minimum Gasteiger partial charge on any atom is -0.484 e. The lowest BCUT2D eigenvalue weighted by atomic mass is 9.83. The molecule has 3 aliphatic heterocycles. The molecule has 3 amide bonds. The number of amides is 3. The third-order valence-electron chi connectivity index (χ3n) is 7.22. The van der Waals surface area contributed by atoms with E-state index in [-0.39, 0.29) is 23.3 Å². The van der Waals surface area contributed by atoms with E-state index in [2.05, 4.69) is 4.98 Å². The summed E-state index contributed by atoms with van der Waals surface area (Å²) in [5.41, 5.74) is 1.07. The molecule has 6 rings (SSSR count). The van der Waals surface area contributed by atoms with Gasteiger partial charge in [0.2, 0.25) is 11.8 Å². The Bertz CT molecular complexity index is 1450. The van der Waals surface area contributed by atoms with Crippen LogP contribution in [0.5, 0.6) is 5.75 Å². The van der Waals surface area contributed by atoms with Gasteiger partial charge in [0.05, 0.1) is 16.6 Å². The number of fused-ring (bicyclic) bond motifs is 2. The van der Waals surface area contributed by atoms with Crippen LogP contribution in [0.4, 0.5) is 10.1 Å². The molecular weight excluding hydrogens is 529 g/mol. The largest absolute Gasteiger partial charge is 0.484 e. The highest BCUT2D eigenvalue weighted by molar-refractivity contribution is 8.00. The Morgan fingerprint density at radius 1 is 0.974 bits per heavy atom. The number of thiazole rings is 1. The molecule has 3 atom stereocenters. The van der Waals surface area contributed by atoms with Crippen molar-refractivity contribution in [2.75, 3.05) is 24.6 Å². The van der Waals surface area contributed by atoms with Gasteiger partial charge in [0, 0.05) is 23.9 Å². The van der Waals surface area contributed by atoms with Gasteiger partial charge in [-0.1, -0.05) is 35.2 Å². The number of H-pyrrole nitrogens is 1. The Labute approximate surface area is 225 Å². The summed E-state index contributed by atoms with van der Waals surface area (Å²) in [6, 6.07) is 12.4. The Kier molecular flexibility index (Phi) is 6.56. The number of thioether (sulfide) groups is 1. The molecule has 2 fully saturated rings. The summed E-state index contributed by atoms with van der Waals surface area (Å²) in [7, 11) is 0. The standard InChI is InChI=1S/C27H24FN3O5S2/c28-16-6-8-17(9-7-16)31-25(33)21-20(22-24(29-27(35)38-22)37-23(21)26(31)34)15-4-10-18(11-5-15)36-14-19(32)30-12-2-1-3-13-30/h4-11,20-21,23H,1-3,12-14H2,(H,29,35)/t20-,21-,23+/m0/s1. The molecule has 196 valence electrons. The molecule has 3 aromatic rings. The monoisotopic (exact) mass is 553 g/mol. The number of imide groups is 1. The van der Waals surface area contributed by atoms with Crippen molar-refractivity contribution in [3.05, 3.63) is 74.5 Å². The average Bonchev–Trinajstić information content (AvgIpc) is 3.43. The smallest absolute Gasteiger partial charge is 0.305 e. The Morgan fingerprint density at radius 2 is 1.68 bits per heavy atom. The third kappa shape index (κ3) is 4.43. The van der Waals surface area contributed by atoms with Crippen LogP contribution in [0.25, 0.3) is 0 Å². The van der Waals surface area contributed by atoms with Crippen LogP contribution in [0.3, 0.4) is 0 Å². The molecule has 0 spiro atoms. The van der Waals surface area contributed by atoms with Crippen LogP contribution in [0.1, 0.15) is 35.6 Å². The molecule has 3 aliphatic rings. The summed E-state index contributed by atoms with van der Waals surface area (Å²) in [4.78, 5) is 58.0. The summed E-state index contributed by atoms with van der Waals surface area (Å²) < 4.78 is 19.2. The van der Waals surface area contributed by atoms with E-state index >= 15 is 0 Å². The molecule has 4 heterocycles. The van der Waals surface area contributed by atoms with Crippen molar-refractivity contribution in [2.45, 2.75) is 35.5 Å². The summed E-state index contributed by atoms with van der Waals surface area (Å²) in [5, 5.41) is -0.144. The number of likely N-dealkylation sites (tertiary alicyclic amines) is 1. The minimum atomic E-state index is -0.732. The van der Waals surface area contributed by atoms with Gasteiger partial charge in [-0.15, -0.1) is 0 Å². The number of anilines is 1. The zero-order valence-electron chi connectivity index (χ0n) is 20.2. The van der Waals surface area contributed by atoms with Crippen LogP contribution in [0.2, 0.25) is 0 Å². The van der Waals surface area contributed by atoms with E-state index in [1.807, 2.05) is 17.0 Å². The van der Waals surface area contributed by atoms with E-state index in [4.69, 9.17) is 4.74 Å². The topological polar surface area (TPSA) is 99.8 Å². The number of hydrogen-bond acceptors (Lipinski definition) is 7. The van der Waals surface area contributed by atoms with Crippen LogP contribution in [-0.2, 0) is 14.4 Å². The van der Waals surface area contributed by atoms with Crippen molar-refractivity contribution in [3.8, 4) is 5.75 Å². The Morgan fingerprint density at radius 3 is 2.39 bits per heavy atom. The maximum Gasteiger partial charge on any atom is 0.305 e. The van der Waals surface area contributed by atoms with E-state index < -0.39 is 28.8 Å². The van der Waals surface area contributed by atoms with Gasteiger partial charge in [-0.3, -0.25) is 19.2 Å². The summed E-state index contributed by atoms with van der Waals surface area (Å²) in [6.07, 6.45) is 3.16. The number of carbonyl (C=O) groups excluding carboxylic acids is 3. The number of rotatable bonds is 5. The molecule has 0 unspecified atom stereocenters. The van der Waals surface area contributed by atoms with Crippen LogP contribution in [0.15, 0.2) is 58.4 Å². The molecule has 0 radical (unpaired) electrons. The fourth-order valence-electron chi connectivity index (χ4n) is 5.37. The maximum absolute atomic E-state index is 13.7. The first-order valence-corrected chi connectivity index (χ1v) is 14.1. The van der Waals surface area contributed by atoms with Gasteiger partial charge in [-0.25, -0.2) is 9.29 Å². The lowest BCUT2D eigenvalue weighted by Gasteiger charge is -2.30. The highest BCUT2D eigenvalue weighted by atomic mass is 32.2. The lowest BCUT2D eigenvalue weighted by molar-refractivity contribution is -0.134. The van der Waals surface area contributed by atoms with E-state index in [0.29, 0.717) is 21.3 Å². The van der Waals surface area contributed by atoms with Crippen LogP contribution in [-0.4, -0.2) is 52.6 Å². The first kappa shape index (κ1) is 24.9. The van der Waals surface area contributed by atoms with E-state index in [9.17, 15) is 23.6 Å². The zero-order chi connectivity index (χ0) is 26.4. The van der Waals surface area contributed by atoms with E-state index in [1.165, 1.54) is 36.0 Å². The maximum atomic E-state index is 13.7. The highest BCUT2D eigenvalue weighted by Gasteiger charge is 2.56. The van der Waals surface area contributed by atoms with E-state index in [1.54, 1.807) is 12.1 Å². The van der Waals surface area contributed by atoms with Gasteiger partial charge in [-0.05, 0) is 61.2 Å². The van der Waals surface area contributed by atoms with Crippen molar-refractivity contribution in [1.29, 1.82) is 0 Å². The number of nitrogens with zero attached hydrogens (tertiary/aromatic N) is 2. The van der Waals surface area contributed by atoms with Gasteiger partial charge >= 0.3 is 4.87 Å². The number of carbonyl (C=O) groups is 3. The SMILES string of the molecule is O=C(COc1ccc([C@@H]2c3sc(=O)[nH]c3S[C@H]3C(=O)N(c4ccc(F)cc4)C(=O)[C@@H]23)cc1)N1CCCCC1. The van der Waals surface area contributed by atoms with Crippen LogP contribution < -0.4 is 14.5 Å². The lowest BCUT2D eigenvalue weighted by Crippen LogP contribution is -2.38. The van der Waals surface area contributed by atoms with Crippen molar-refractivity contribution < 1.29 is 23.5 Å². The predicted molar refractivity (Wildman–Crippen MR) is 141 cm³/mol. The van der Waals surface area contributed by atoms with Gasteiger partial charge in [0.15, 0.2) is 6.61 Å². The van der Waals surface area contributed by atoms with Crippen molar-refractivity contribution >= 4 is 46.5 Å². The van der Waals surface area contributed by atoms with Gasteiger partial charge in [-0.2, -0.15) is 0 Å². The molecule has 2 saturated heterocycles. The molecule has 1 aromatic heterocycles. The number of halogens is 1. The van der Waals surface area contributed by atoms with Crippen LogP contribution in [0, 0.1) is 11.7 Å². The zero-order valence-corrected chi connectivity index (χ0v) is 21.9. The normalized spacial score (nSPS) is 22.8. The summed E-state index contributed by atoms with van der Waals surface area (Å²) >= 11 is 2.22. The number of aromatic nitrogens is 1. The molecular formula is C27H24FN3O5S2.